The van der Waals surface area contributed by atoms with Crippen molar-refractivity contribution in [2.45, 2.75) is 30.0 Å². The minimum Gasteiger partial charge on any atom is -0.453 e. The second kappa shape index (κ2) is 7.64. The fraction of sp³-hybridized carbons (Fsp3) is 0.176. The van der Waals surface area contributed by atoms with Gasteiger partial charge in [0.25, 0.3) is 0 Å². The van der Waals surface area contributed by atoms with Crippen LogP contribution in [0.3, 0.4) is 0 Å². The highest BCUT2D eigenvalue weighted by atomic mass is 35.5. The minimum atomic E-state index is 0.650. The van der Waals surface area contributed by atoms with Gasteiger partial charge in [0.2, 0.25) is 0 Å². The lowest BCUT2D eigenvalue weighted by Crippen LogP contribution is -2.13. The zero-order chi connectivity index (χ0) is 16.1. The fourth-order valence-electron chi connectivity index (χ4n) is 1.95. The maximum Gasteiger partial charge on any atom is 0.165 e. The molecule has 0 fully saturated rings. The number of hydrogen-bond donors (Lipinski definition) is 1. The summed E-state index contributed by atoms with van der Waals surface area (Å²) in [4.78, 5) is 9.63. The smallest absolute Gasteiger partial charge is 0.165 e. The van der Waals surface area contributed by atoms with Gasteiger partial charge in [-0.3, -0.25) is 9.97 Å². The molecular weight excluding hydrogens is 330 g/mol. The van der Waals surface area contributed by atoms with Gasteiger partial charge >= 0.3 is 0 Å². The highest BCUT2D eigenvalue weighted by Crippen LogP contribution is 2.29. The molecule has 0 amide bonds. The Morgan fingerprint density at radius 3 is 2.61 bits per heavy atom. The monoisotopic (exact) mass is 345 g/mol. The van der Waals surface area contributed by atoms with Gasteiger partial charge in [0.15, 0.2) is 5.09 Å². The quantitative estimate of drug-likeness (QED) is 0.714. The average Bonchev–Trinajstić information content (AvgIpc) is 2.99. The van der Waals surface area contributed by atoms with Crippen molar-refractivity contribution in [1.82, 2.24) is 15.3 Å². The van der Waals surface area contributed by atoms with E-state index in [0.717, 1.165) is 32.2 Å². The predicted octanol–water partition coefficient (Wildman–Crippen LogP) is 4.47. The van der Waals surface area contributed by atoms with Crippen molar-refractivity contribution in [3.8, 4) is 0 Å². The molecule has 0 atom stereocenters. The number of nitrogens with zero attached hydrogens (tertiary/aromatic N) is 2. The highest BCUT2D eigenvalue weighted by Gasteiger charge is 2.05. The van der Waals surface area contributed by atoms with Crippen molar-refractivity contribution in [2.75, 3.05) is 0 Å². The van der Waals surface area contributed by atoms with Gasteiger partial charge in [0.05, 0.1) is 17.9 Å². The Hall–Kier alpha value is -1.82. The number of benzene rings is 1. The van der Waals surface area contributed by atoms with Gasteiger partial charge in [-0.05, 0) is 43.3 Å². The molecule has 0 saturated carbocycles. The molecule has 4 nitrogen and oxygen atoms in total. The molecule has 118 valence electrons. The molecule has 0 saturated heterocycles. The number of aromatic nitrogens is 2. The molecule has 0 aliphatic rings. The summed E-state index contributed by atoms with van der Waals surface area (Å²) < 4.78 is 5.81. The highest BCUT2D eigenvalue weighted by molar-refractivity contribution is 7.99. The molecule has 23 heavy (non-hydrogen) atoms. The molecule has 6 heteroatoms. The van der Waals surface area contributed by atoms with E-state index >= 15 is 0 Å². The largest absolute Gasteiger partial charge is 0.453 e. The molecule has 3 aromatic rings. The van der Waals surface area contributed by atoms with Crippen molar-refractivity contribution >= 4 is 23.4 Å². The number of aryl methyl sites for hydroxylation is 1. The summed E-state index contributed by atoms with van der Waals surface area (Å²) in [6.45, 7) is 3.23. The first-order valence-electron chi connectivity index (χ1n) is 7.19. The minimum absolute atomic E-state index is 0.650. The standard InChI is InChI=1S/C17H16ClN3OS/c1-12-8-21-14(10-20-12)9-19-11-15-4-7-17(22-15)23-16-5-2-13(18)3-6-16/h2-8,10,19H,9,11H2,1H3. The van der Waals surface area contributed by atoms with Crippen LogP contribution in [0.4, 0.5) is 0 Å². The van der Waals surface area contributed by atoms with E-state index in [2.05, 4.69) is 15.3 Å². The molecule has 2 aromatic heterocycles. The fourth-order valence-corrected chi connectivity index (χ4v) is 2.87. The molecule has 1 aromatic carbocycles. The third-order valence-corrected chi connectivity index (χ3v) is 4.29. The maximum absolute atomic E-state index is 5.88. The first-order valence-corrected chi connectivity index (χ1v) is 8.39. The van der Waals surface area contributed by atoms with Crippen molar-refractivity contribution in [3.63, 3.8) is 0 Å². The van der Waals surface area contributed by atoms with Gasteiger partial charge in [0.1, 0.15) is 5.76 Å². The van der Waals surface area contributed by atoms with Crippen molar-refractivity contribution in [3.05, 3.63) is 71.0 Å². The molecule has 0 unspecified atom stereocenters. The topological polar surface area (TPSA) is 51.0 Å². The Labute approximate surface area is 144 Å². The molecule has 3 rings (SSSR count). The van der Waals surface area contributed by atoms with E-state index in [1.165, 1.54) is 0 Å². The molecule has 0 aliphatic heterocycles. The number of hydrogen-bond acceptors (Lipinski definition) is 5. The maximum atomic E-state index is 5.88. The van der Waals surface area contributed by atoms with Crippen LogP contribution >= 0.6 is 23.4 Å². The third kappa shape index (κ3) is 4.82. The normalized spacial score (nSPS) is 10.9. The van der Waals surface area contributed by atoms with E-state index in [1.54, 1.807) is 24.2 Å². The summed E-state index contributed by atoms with van der Waals surface area (Å²) in [7, 11) is 0. The predicted molar refractivity (Wildman–Crippen MR) is 91.6 cm³/mol. The van der Waals surface area contributed by atoms with E-state index < -0.39 is 0 Å². The third-order valence-electron chi connectivity index (χ3n) is 3.11. The number of furan rings is 1. The van der Waals surface area contributed by atoms with E-state index in [0.29, 0.717) is 13.1 Å². The van der Waals surface area contributed by atoms with E-state index in [-0.39, 0.29) is 0 Å². The molecule has 0 spiro atoms. The van der Waals surface area contributed by atoms with E-state index in [4.69, 9.17) is 16.0 Å². The lowest BCUT2D eigenvalue weighted by atomic mass is 10.4. The Morgan fingerprint density at radius 2 is 1.87 bits per heavy atom. The Kier molecular flexibility index (Phi) is 5.33. The molecule has 0 radical (unpaired) electrons. The first-order chi connectivity index (χ1) is 11.2. The Balaban J connectivity index is 1.51. The SMILES string of the molecule is Cc1cnc(CNCc2ccc(Sc3ccc(Cl)cc3)o2)cn1. The molecule has 1 N–H and O–H groups in total. The van der Waals surface area contributed by atoms with Crippen LogP contribution in [-0.2, 0) is 13.1 Å². The summed E-state index contributed by atoms with van der Waals surface area (Å²) in [6.07, 6.45) is 3.55. The van der Waals surface area contributed by atoms with Gasteiger partial charge in [-0.15, -0.1) is 0 Å². The van der Waals surface area contributed by atoms with Crippen molar-refractivity contribution < 1.29 is 4.42 Å². The number of nitrogens with one attached hydrogen (secondary N) is 1. The molecule has 0 aliphatic carbocycles. The van der Waals surface area contributed by atoms with Crippen LogP contribution in [0.2, 0.25) is 5.02 Å². The second-order valence-corrected chi connectivity index (χ2v) is 6.54. The van der Waals surface area contributed by atoms with Crippen molar-refractivity contribution in [1.29, 1.82) is 0 Å². The average molecular weight is 346 g/mol. The second-order valence-electron chi connectivity index (χ2n) is 5.03. The van der Waals surface area contributed by atoms with E-state index in [9.17, 15) is 0 Å². The summed E-state index contributed by atoms with van der Waals surface area (Å²) >= 11 is 7.46. The Morgan fingerprint density at radius 1 is 1.04 bits per heavy atom. The molecule has 2 heterocycles. The van der Waals surface area contributed by atoms with Crippen LogP contribution < -0.4 is 5.32 Å². The van der Waals surface area contributed by atoms with Gasteiger partial charge in [-0.2, -0.15) is 0 Å². The van der Waals surface area contributed by atoms with Crippen LogP contribution in [-0.4, -0.2) is 9.97 Å². The summed E-state index contributed by atoms with van der Waals surface area (Å²) in [5, 5.41) is 4.89. The lowest BCUT2D eigenvalue weighted by molar-refractivity contribution is 0.416. The van der Waals surface area contributed by atoms with Gasteiger partial charge in [-0.25, -0.2) is 0 Å². The number of halogens is 1. The van der Waals surface area contributed by atoms with Crippen LogP contribution in [0, 0.1) is 6.92 Å². The van der Waals surface area contributed by atoms with Crippen LogP contribution in [0.5, 0.6) is 0 Å². The summed E-state index contributed by atoms with van der Waals surface area (Å²) in [5.41, 5.74) is 1.83. The lowest BCUT2D eigenvalue weighted by Gasteiger charge is -2.02. The summed E-state index contributed by atoms with van der Waals surface area (Å²) in [6, 6.07) is 11.6. The molecular formula is C17H16ClN3OS. The molecule has 0 bridgehead atoms. The van der Waals surface area contributed by atoms with Crippen molar-refractivity contribution in [2.24, 2.45) is 0 Å². The first kappa shape index (κ1) is 16.1. The summed E-state index contributed by atoms with van der Waals surface area (Å²) in [5.74, 6) is 0.890. The van der Waals surface area contributed by atoms with E-state index in [1.807, 2.05) is 43.3 Å². The zero-order valence-corrected chi connectivity index (χ0v) is 14.2. The Bertz CT molecular complexity index is 756. The van der Waals surface area contributed by atoms with Crippen LogP contribution in [0.15, 0.2) is 63.2 Å². The van der Waals surface area contributed by atoms with Crippen LogP contribution in [0.25, 0.3) is 0 Å². The van der Waals surface area contributed by atoms with Gasteiger partial charge in [-0.1, -0.05) is 23.4 Å². The van der Waals surface area contributed by atoms with Crippen LogP contribution in [0.1, 0.15) is 17.1 Å². The van der Waals surface area contributed by atoms with Gasteiger partial charge in [0, 0.05) is 28.9 Å². The zero-order valence-electron chi connectivity index (χ0n) is 12.6. The van der Waals surface area contributed by atoms with Gasteiger partial charge < -0.3 is 9.73 Å². The number of rotatable bonds is 6.